The predicted octanol–water partition coefficient (Wildman–Crippen LogP) is 3.41. The van der Waals surface area contributed by atoms with E-state index in [2.05, 4.69) is 28.1 Å². The lowest BCUT2D eigenvalue weighted by Gasteiger charge is -2.38. The molecule has 1 saturated heterocycles. The molecule has 0 atom stereocenters. The van der Waals surface area contributed by atoms with E-state index < -0.39 is 0 Å². The standard InChI is InChI=1S/C15H20N4S/c1-15(2)6-3-9-19(10-15)14-12(13(16)18-20-14)11-4-7-17-8-5-11/h4-5,7-8H,3,6,9-10H2,1-2H3,(H2,16,18). The maximum Gasteiger partial charge on any atom is 0.147 e. The van der Waals surface area contributed by atoms with E-state index in [-0.39, 0.29) is 0 Å². The number of piperidine rings is 1. The third kappa shape index (κ3) is 2.50. The number of hydrogen-bond acceptors (Lipinski definition) is 5. The molecular weight excluding hydrogens is 268 g/mol. The van der Waals surface area contributed by atoms with Crippen LogP contribution in [0.15, 0.2) is 24.5 Å². The Morgan fingerprint density at radius 1 is 1.30 bits per heavy atom. The maximum absolute atomic E-state index is 6.10. The number of aromatic nitrogens is 2. The molecule has 2 aromatic heterocycles. The van der Waals surface area contributed by atoms with Crippen molar-refractivity contribution in [2.45, 2.75) is 26.7 Å². The van der Waals surface area contributed by atoms with Gasteiger partial charge in [0.25, 0.3) is 0 Å². The molecule has 3 heterocycles. The smallest absolute Gasteiger partial charge is 0.147 e. The molecule has 0 amide bonds. The first kappa shape index (κ1) is 13.4. The van der Waals surface area contributed by atoms with Crippen LogP contribution in [0.4, 0.5) is 10.8 Å². The highest BCUT2D eigenvalue weighted by Gasteiger charge is 2.29. The summed E-state index contributed by atoms with van der Waals surface area (Å²) in [6.07, 6.45) is 6.11. The highest BCUT2D eigenvalue weighted by atomic mass is 32.1. The molecule has 0 bridgehead atoms. The van der Waals surface area contributed by atoms with Crippen LogP contribution in [-0.2, 0) is 0 Å². The van der Waals surface area contributed by atoms with Gasteiger partial charge in [-0.3, -0.25) is 4.98 Å². The lowest BCUT2D eigenvalue weighted by molar-refractivity contribution is 0.294. The van der Waals surface area contributed by atoms with Gasteiger partial charge in [0.2, 0.25) is 0 Å². The first-order chi connectivity index (χ1) is 9.57. The fourth-order valence-corrected chi connectivity index (χ4v) is 3.76. The molecule has 1 fully saturated rings. The molecule has 4 nitrogen and oxygen atoms in total. The van der Waals surface area contributed by atoms with Crippen LogP contribution in [0.3, 0.4) is 0 Å². The summed E-state index contributed by atoms with van der Waals surface area (Å²) >= 11 is 1.51. The Labute approximate surface area is 123 Å². The highest BCUT2D eigenvalue weighted by Crippen LogP contribution is 2.42. The van der Waals surface area contributed by atoms with E-state index >= 15 is 0 Å². The van der Waals surface area contributed by atoms with E-state index in [9.17, 15) is 0 Å². The van der Waals surface area contributed by atoms with Gasteiger partial charge in [-0.25, -0.2) is 0 Å². The van der Waals surface area contributed by atoms with Crippen LogP contribution in [0, 0.1) is 5.41 Å². The Hall–Kier alpha value is -1.62. The molecule has 0 saturated carbocycles. The summed E-state index contributed by atoms with van der Waals surface area (Å²) < 4.78 is 4.37. The summed E-state index contributed by atoms with van der Waals surface area (Å²) in [4.78, 5) is 6.52. The molecule has 3 rings (SSSR count). The highest BCUT2D eigenvalue weighted by molar-refractivity contribution is 7.11. The normalized spacial score (nSPS) is 18.2. The molecule has 0 spiro atoms. The molecule has 2 N–H and O–H groups in total. The SMILES string of the molecule is CC1(C)CCCN(c2snc(N)c2-c2ccncc2)C1. The number of hydrogen-bond donors (Lipinski definition) is 1. The van der Waals surface area contributed by atoms with Crippen molar-refractivity contribution in [2.24, 2.45) is 5.41 Å². The first-order valence-electron chi connectivity index (χ1n) is 6.97. The van der Waals surface area contributed by atoms with Crippen LogP contribution in [0.1, 0.15) is 26.7 Å². The lowest BCUT2D eigenvalue weighted by atomic mass is 9.84. The second-order valence-corrected chi connectivity index (χ2v) is 6.93. The van der Waals surface area contributed by atoms with Crippen molar-refractivity contribution < 1.29 is 0 Å². The van der Waals surface area contributed by atoms with Gasteiger partial charge in [0.05, 0.1) is 5.56 Å². The topological polar surface area (TPSA) is 55.0 Å². The summed E-state index contributed by atoms with van der Waals surface area (Å²) in [6, 6.07) is 4.00. The minimum Gasteiger partial charge on any atom is -0.382 e. The molecule has 5 heteroatoms. The fraction of sp³-hybridized carbons (Fsp3) is 0.467. The van der Waals surface area contributed by atoms with Crippen molar-refractivity contribution >= 4 is 22.4 Å². The van der Waals surface area contributed by atoms with Gasteiger partial charge in [-0.15, -0.1) is 0 Å². The van der Waals surface area contributed by atoms with Gasteiger partial charge in [-0.05, 0) is 47.5 Å². The molecule has 20 heavy (non-hydrogen) atoms. The van der Waals surface area contributed by atoms with Crippen molar-refractivity contribution in [1.29, 1.82) is 0 Å². The number of nitrogen functional groups attached to an aromatic ring is 1. The van der Waals surface area contributed by atoms with E-state index in [0.717, 1.165) is 24.2 Å². The zero-order valence-electron chi connectivity index (χ0n) is 12.0. The van der Waals surface area contributed by atoms with Crippen molar-refractivity contribution in [1.82, 2.24) is 9.36 Å². The molecule has 2 aromatic rings. The zero-order chi connectivity index (χ0) is 14.2. The molecule has 106 valence electrons. The predicted molar refractivity (Wildman–Crippen MR) is 85.0 cm³/mol. The Balaban J connectivity index is 1.99. The largest absolute Gasteiger partial charge is 0.382 e. The maximum atomic E-state index is 6.10. The van der Waals surface area contributed by atoms with Crippen LogP contribution in [0.2, 0.25) is 0 Å². The summed E-state index contributed by atoms with van der Waals surface area (Å²) in [5.41, 5.74) is 8.62. The van der Waals surface area contributed by atoms with Gasteiger partial charge in [0, 0.05) is 25.5 Å². The van der Waals surface area contributed by atoms with Gasteiger partial charge in [0.1, 0.15) is 10.8 Å². The number of nitrogens with two attached hydrogens (primary N) is 1. The van der Waals surface area contributed by atoms with Gasteiger partial charge < -0.3 is 10.6 Å². The van der Waals surface area contributed by atoms with Gasteiger partial charge in [0.15, 0.2) is 0 Å². The average molecular weight is 288 g/mol. The first-order valence-corrected chi connectivity index (χ1v) is 7.75. The Morgan fingerprint density at radius 2 is 2.05 bits per heavy atom. The number of nitrogens with zero attached hydrogens (tertiary/aromatic N) is 3. The molecule has 0 radical (unpaired) electrons. The van der Waals surface area contributed by atoms with Gasteiger partial charge in [-0.2, -0.15) is 4.37 Å². The van der Waals surface area contributed by atoms with Crippen molar-refractivity contribution in [3.63, 3.8) is 0 Å². The van der Waals surface area contributed by atoms with Crippen molar-refractivity contribution in [3.8, 4) is 11.1 Å². The van der Waals surface area contributed by atoms with E-state index in [1.807, 2.05) is 12.1 Å². The third-order valence-electron chi connectivity index (χ3n) is 3.86. The molecule has 0 aromatic carbocycles. The van der Waals surface area contributed by atoms with E-state index in [0.29, 0.717) is 11.2 Å². The van der Waals surface area contributed by atoms with Crippen molar-refractivity contribution in [2.75, 3.05) is 23.7 Å². The van der Waals surface area contributed by atoms with E-state index in [4.69, 9.17) is 5.73 Å². The van der Waals surface area contributed by atoms with Gasteiger partial charge in [-0.1, -0.05) is 13.8 Å². The second kappa shape index (κ2) is 5.05. The Morgan fingerprint density at radius 3 is 2.75 bits per heavy atom. The number of anilines is 2. The molecule has 1 aliphatic rings. The Bertz CT molecular complexity index is 591. The minimum absolute atomic E-state index is 0.354. The van der Waals surface area contributed by atoms with E-state index in [1.165, 1.54) is 29.4 Å². The molecule has 0 aliphatic carbocycles. The van der Waals surface area contributed by atoms with Crippen LogP contribution in [0.25, 0.3) is 11.1 Å². The molecule has 0 unspecified atom stereocenters. The number of pyridine rings is 1. The molecular formula is C15H20N4S. The lowest BCUT2D eigenvalue weighted by Crippen LogP contribution is -2.39. The van der Waals surface area contributed by atoms with Crippen LogP contribution >= 0.6 is 11.5 Å². The summed E-state index contributed by atoms with van der Waals surface area (Å²) in [7, 11) is 0. The van der Waals surface area contributed by atoms with Crippen LogP contribution in [0.5, 0.6) is 0 Å². The number of rotatable bonds is 2. The zero-order valence-corrected chi connectivity index (χ0v) is 12.8. The van der Waals surface area contributed by atoms with E-state index in [1.54, 1.807) is 12.4 Å². The summed E-state index contributed by atoms with van der Waals surface area (Å²) in [5.74, 6) is 0.625. The van der Waals surface area contributed by atoms with Crippen LogP contribution in [-0.4, -0.2) is 22.4 Å². The second-order valence-electron chi connectivity index (χ2n) is 6.17. The van der Waals surface area contributed by atoms with Crippen LogP contribution < -0.4 is 10.6 Å². The summed E-state index contributed by atoms with van der Waals surface area (Å²) in [6.45, 7) is 6.81. The fourth-order valence-electron chi connectivity index (χ4n) is 2.90. The monoisotopic (exact) mass is 288 g/mol. The summed E-state index contributed by atoms with van der Waals surface area (Å²) in [5, 5.41) is 1.20. The van der Waals surface area contributed by atoms with Gasteiger partial charge >= 0.3 is 0 Å². The molecule has 1 aliphatic heterocycles. The third-order valence-corrected chi connectivity index (χ3v) is 4.78. The minimum atomic E-state index is 0.354. The quantitative estimate of drug-likeness (QED) is 0.920. The average Bonchev–Trinajstić information content (AvgIpc) is 2.80. The Kier molecular flexibility index (Phi) is 3.38. The van der Waals surface area contributed by atoms with Crippen molar-refractivity contribution in [3.05, 3.63) is 24.5 Å².